The molecule has 15 heavy (non-hydrogen) atoms. The van der Waals surface area contributed by atoms with E-state index in [0.29, 0.717) is 0 Å². The molecule has 98 valence electrons. The van der Waals surface area contributed by atoms with Gasteiger partial charge in [-0.05, 0) is 0 Å². The first-order valence-electron chi connectivity index (χ1n) is 4.32. The van der Waals surface area contributed by atoms with Crippen LogP contribution < -0.4 is 24.8 Å². The molecular formula is C10H28Cl2N2W. The maximum absolute atomic E-state index is 2.25. The van der Waals surface area contributed by atoms with Gasteiger partial charge in [0, 0.05) is 27.5 Å². The molecule has 0 aliphatic heterocycles. The van der Waals surface area contributed by atoms with E-state index in [1.807, 2.05) is 0 Å². The van der Waals surface area contributed by atoms with Gasteiger partial charge in [-0.1, -0.05) is 7.43 Å². The Labute approximate surface area is 124 Å². The normalized spacial score (nSPS) is 10.0. The second kappa shape index (κ2) is 11.7. The van der Waals surface area contributed by atoms with Crippen LogP contribution in [0.4, 0.5) is 0 Å². The molecule has 0 spiro atoms. The summed E-state index contributed by atoms with van der Waals surface area (Å²) in [7, 11) is 13.5. The molecule has 0 heterocycles. The first kappa shape index (κ1) is 29.8. The van der Waals surface area contributed by atoms with Crippen LogP contribution in [0.3, 0.4) is 0 Å². The summed E-state index contributed by atoms with van der Waals surface area (Å²) in [6.45, 7) is 2.55. The van der Waals surface area contributed by atoms with Crippen LogP contribution in [0.15, 0.2) is 0 Å². The Hall–Kier alpha value is 1.19. The Morgan fingerprint density at radius 3 is 1.00 bits per heavy atom. The van der Waals surface area contributed by atoms with E-state index in [2.05, 4.69) is 42.3 Å². The van der Waals surface area contributed by atoms with Crippen LogP contribution in [0, 0.1) is 0 Å². The number of halogens is 2. The Kier molecular flexibility index (Phi) is 23.2. The zero-order valence-corrected chi connectivity index (χ0v) is 14.6. The minimum absolute atomic E-state index is 0. The van der Waals surface area contributed by atoms with Crippen molar-refractivity contribution < 1.29 is 54.8 Å². The summed E-state index contributed by atoms with van der Waals surface area (Å²) in [5, 5.41) is 0. The number of hydrogen-bond donors (Lipinski definition) is 0. The van der Waals surface area contributed by atoms with Crippen molar-refractivity contribution in [3.63, 3.8) is 0 Å². The van der Waals surface area contributed by atoms with Gasteiger partial charge in [-0.3, -0.25) is 0 Å². The van der Waals surface area contributed by atoms with Crippen molar-refractivity contribution in [2.24, 2.45) is 0 Å². The molecule has 0 amide bonds. The van der Waals surface area contributed by atoms with Gasteiger partial charge in [0.15, 0.2) is 0 Å². The third-order valence-corrected chi connectivity index (χ3v) is 1.66. The Morgan fingerprint density at radius 2 is 0.867 bits per heavy atom. The average Bonchev–Trinajstić information content (AvgIpc) is 1.55. The second-order valence-corrected chi connectivity index (χ2v) is 5.38. The molecule has 0 N–H and O–H groups in total. The van der Waals surface area contributed by atoms with Gasteiger partial charge < -0.3 is 33.8 Å². The third kappa shape index (κ3) is 31.3. The molecule has 0 aromatic heterocycles. The van der Waals surface area contributed by atoms with Gasteiger partial charge in [0.1, 0.15) is 0 Å². The van der Waals surface area contributed by atoms with Crippen LogP contribution in [0.5, 0.6) is 0 Å². The average molecular weight is 431 g/mol. The summed E-state index contributed by atoms with van der Waals surface area (Å²) in [4.78, 5) is 0. The molecule has 0 aromatic rings. The first-order chi connectivity index (χ1) is 4.71. The summed E-state index contributed by atoms with van der Waals surface area (Å²) in [5.74, 6) is 0. The van der Waals surface area contributed by atoms with E-state index in [1.165, 1.54) is 19.5 Å². The molecule has 2 nitrogen and oxygen atoms in total. The smallest absolute Gasteiger partial charge is 0.0834 e. The largest absolute Gasteiger partial charge is 1.00 e. The molecule has 0 fully saturated rings. The molecule has 0 aromatic carbocycles. The predicted molar refractivity (Wildman–Crippen MR) is 57.1 cm³/mol. The van der Waals surface area contributed by atoms with Crippen LogP contribution >= 0.6 is 0 Å². The SMILES string of the molecule is C.C[N+](C)(C)CCC[N+](C)(C)C.[Cl-].[Cl-].[W]. The van der Waals surface area contributed by atoms with Gasteiger partial charge in [0.25, 0.3) is 0 Å². The van der Waals surface area contributed by atoms with Crippen molar-refractivity contribution in [2.75, 3.05) is 55.4 Å². The molecule has 5 heteroatoms. The fourth-order valence-corrected chi connectivity index (χ4v) is 1.02. The first-order valence-corrected chi connectivity index (χ1v) is 4.32. The predicted octanol–water partition coefficient (Wildman–Crippen LogP) is -4.57. The van der Waals surface area contributed by atoms with Crippen molar-refractivity contribution >= 4 is 0 Å². The zero-order valence-electron chi connectivity index (χ0n) is 10.2. The number of nitrogens with zero attached hydrogens (tertiary/aromatic N) is 2. The second-order valence-electron chi connectivity index (χ2n) is 5.38. The van der Waals surface area contributed by atoms with Crippen LogP contribution in [0.25, 0.3) is 0 Å². The molecule has 0 aliphatic rings. The minimum atomic E-state index is 0. The maximum atomic E-state index is 2.25. The Balaban J connectivity index is -0.0000000833. The maximum Gasteiger partial charge on any atom is 0.0834 e. The van der Waals surface area contributed by atoms with Crippen LogP contribution in [0.2, 0.25) is 0 Å². The quantitative estimate of drug-likeness (QED) is 0.394. The van der Waals surface area contributed by atoms with Gasteiger partial charge in [-0.15, -0.1) is 0 Å². The van der Waals surface area contributed by atoms with Gasteiger partial charge in [-0.25, -0.2) is 0 Å². The molecule has 0 saturated heterocycles. The molecule has 0 aliphatic carbocycles. The Morgan fingerprint density at radius 1 is 0.667 bits per heavy atom. The summed E-state index contributed by atoms with van der Waals surface area (Å²) < 4.78 is 2.17. The molecule has 0 atom stereocenters. The monoisotopic (exact) mass is 430 g/mol. The van der Waals surface area contributed by atoms with Gasteiger partial charge in [0.2, 0.25) is 0 Å². The summed E-state index contributed by atoms with van der Waals surface area (Å²) in [6, 6.07) is 0. The third-order valence-electron chi connectivity index (χ3n) is 1.66. The van der Waals surface area contributed by atoms with E-state index < -0.39 is 0 Å². The molecule has 0 radical (unpaired) electrons. The fraction of sp³-hybridized carbons (Fsp3) is 1.00. The van der Waals surface area contributed by atoms with Crippen molar-refractivity contribution in [1.29, 1.82) is 0 Å². The van der Waals surface area contributed by atoms with E-state index in [0.717, 1.165) is 8.97 Å². The summed E-state index contributed by atoms with van der Waals surface area (Å²) in [5.41, 5.74) is 0. The molecular weight excluding hydrogens is 403 g/mol. The van der Waals surface area contributed by atoms with E-state index in [4.69, 9.17) is 0 Å². The number of quaternary nitrogens is 2. The molecule has 0 unspecified atom stereocenters. The topological polar surface area (TPSA) is 0 Å². The van der Waals surface area contributed by atoms with Crippen molar-refractivity contribution in [3.8, 4) is 0 Å². The molecule has 0 saturated carbocycles. The standard InChI is InChI=1S/C9H24N2.CH4.2ClH.W/c1-10(2,3)8-7-9-11(4,5)6;;;;/h7-9H2,1-6H3;1H4;2*1H;/q+2;;;;/p-2. The zero-order chi connectivity index (χ0) is 9.12. The van der Waals surface area contributed by atoms with E-state index >= 15 is 0 Å². The molecule has 0 rings (SSSR count). The van der Waals surface area contributed by atoms with Gasteiger partial charge in [0.05, 0.1) is 55.4 Å². The van der Waals surface area contributed by atoms with Crippen LogP contribution in [-0.2, 0) is 21.1 Å². The summed E-state index contributed by atoms with van der Waals surface area (Å²) in [6.07, 6.45) is 1.31. The number of rotatable bonds is 4. The molecule has 0 bridgehead atoms. The van der Waals surface area contributed by atoms with E-state index in [-0.39, 0.29) is 53.3 Å². The minimum Gasteiger partial charge on any atom is -1.00 e. The van der Waals surface area contributed by atoms with E-state index in [1.54, 1.807) is 0 Å². The number of hydrogen-bond acceptors (Lipinski definition) is 0. The fourth-order valence-electron chi connectivity index (χ4n) is 1.02. The van der Waals surface area contributed by atoms with Gasteiger partial charge in [-0.2, -0.15) is 0 Å². The van der Waals surface area contributed by atoms with Crippen LogP contribution in [0.1, 0.15) is 13.8 Å². The van der Waals surface area contributed by atoms with Crippen LogP contribution in [-0.4, -0.2) is 64.3 Å². The van der Waals surface area contributed by atoms with Crippen molar-refractivity contribution in [1.82, 2.24) is 0 Å². The van der Waals surface area contributed by atoms with Gasteiger partial charge >= 0.3 is 0 Å². The van der Waals surface area contributed by atoms with E-state index in [9.17, 15) is 0 Å². The summed E-state index contributed by atoms with van der Waals surface area (Å²) >= 11 is 0. The Bertz CT molecular complexity index is 106. The van der Waals surface area contributed by atoms with Crippen molar-refractivity contribution in [3.05, 3.63) is 0 Å². The van der Waals surface area contributed by atoms with Crippen molar-refractivity contribution in [2.45, 2.75) is 13.8 Å².